The lowest BCUT2D eigenvalue weighted by molar-refractivity contribution is 0.0922. The number of rotatable bonds is 4. The van der Waals surface area contributed by atoms with Gasteiger partial charge in [-0.3, -0.25) is 4.79 Å². The Hall–Kier alpha value is -1.34. The standard InChI is InChI=1S/C18H29N3O3S/c1-20-14-16(25(23,24)21-11-7-8-12-21)13-17(20)18(22)19-15-9-5-3-2-4-6-10-15/h13-15H,2-12H2,1H3,(H,19,22). The molecule has 1 aliphatic carbocycles. The Balaban J connectivity index is 1.71. The molecule has 1 saturated carbocycles. The number of sulfonamides is 1. The van der Waals surface area contributed by atoms with Gasteiger partial charge in [-0.25, -0.2) is 8.42 Å². The summed E-state index contributed by atoms with van der Waals surface area (Å²) in [5, 5.41) is 3.11. The molecule has 1 aromatic heterocycles. The fraction of sp³-hybridized carbons (Fsp3) is 0.722. The number of carbonyl (C=O) groups excluding carboxylic acids is 1. The molecule has 0 radical (unpaired) electrons. The summed E-state index contributed by atoms with van der Waals surface area (Å²) in [7, 11) is -1.75. The first kappa shape index (κ1) is 18.5. The van der Waals surface area contributed by atoms with Gasteiger partial charge in [-0.1, -0.05) is 32.1 Å². The van der Waals surface area contributed by atoms with Gasteiger partial charge in [0.2, 0.25) is 10.0 Å². The third kappa shape index (κ3) is 4.26. The van der Waals surface area contributed by atoms with Gasteiger partial charge in [0.15, 0.2) is 0 Å². The number of hydrogen-bond donors (Lipinski definition) is 1. The fourth-order valence-electron chi connectivity index (χ4n) is 3.84. The number of hydrogen-bond acceptors (Lipinski definition) is 3. The summed E-state index contributed by atoms with van der Waals surface area (Å²) < 4.78 is 28.5. The predicted octanol–water partition coefficient (Wildman–Crippen LogP) is 2.65. The maximum atomic E-state index is 12.7. The van der Waals surface area contributed by atoms with Gasteiger partial charge in [0.1, 0.15) is 10.6 Å². The zero-order chi connectivity index (χ0) is 17.9. The van der Waals surface area contributed by atoms with Crippen molar-refractivity contribution in [3.63, 3.8) is 0 Å². The minimum absolute atomic E-state index is 0.170. The Morgan fingerprint density at radius 1 is 1.04 bits per heavy atom. The van der Waals surface area contributed by atoms with Crippen molar-refractivity contribution >= 4 is 15.9 Å². The molecule has 3 rings (SSSR count). The topological polar surface area (TPSA) is 71.4 Å². The molecule has 6 nitrogen and oxygen atoms in total. The average molecular weight is 368 g/mol. The fourth-order valence-corrected chi connectivity index (χ4v) is 5.43. The number of nitrogens with one attached hydrogen (secondary N) is 1. The second-order valence-electron chi connectivity index (χ2n) is 7.30. The molecule has 1 aromatic rings. The molecule has 2 fully saturated rings. The lowest BCUT2D eigenvalue weighted by Crippen LogP contribution is -2.36. The molecule has 0 atom stereocenters. The molecular formula is C18H29N3O3S. The van der Waals surface area contributed by atoms with E-state index in [9.17, 15) is 13.2 Å². The van der Waals surface area contributed by atoms with E-state index in [0.717, 1.165) is 38.5 Å². The summed E-state index contributed by atoms with van der Waals surface area (Å²) in [6.45, 7) is 1.14. The highest BCUT2D eigenvalue weighted by Gasteiger charge is 2.29. The van der Waals surface area contributed by atoms with Crippen LogP contribution >= 0.6 is 0 Å². The number of carbonyl (C=O) groups is 1. The van der Waals surface area contributed by atoms with Crippen molar-refractivity contribution in [3.8, 4) is 0 Å². The molecule has 0 unspecified atom stereocenters. The van der Waals surface area contributed by atoms with E-state index in [1.165, 1.54) is 29.6 Å². The van der Waals surface area contributed by atoms with Crippen LogP contribution in [0.1, 0.15) is 68.3 Å². The van der Waals surface area contributed by atoms with Gasteiger partial charge in [-0.15, -0.1) is 0 Å². The third-order valence-corrected chi connectivity index (χ3v) is 7.22. The van der Waals surface area contributed by atoms with Gasteiger partial charge in [0, 0.05) is 32.4 Å². The molecular weight excluding hydrogens is 338 g/mol. The Morgan fingerprint density at radius 2 is 1.64 bits per heavy atom. The highest BCUT2D eigenvalue weighted by Crippen LogP contribution is 2.23. The van der Waals surface area contributed by atoms with E-state index in [-0.39, 0.29) is 16.8 Å². The molecule has 1 saturated heterocycles. The first-order valence-electron chi connectivity index (χ1n) is 9.46. The summed E-state index contributed by atoms with van der Waals surface area (Å²) in [6.07, 6.45) is 11.4. The van der Waals surface area contributed by atoms with Crippen LogP contribution in [0.5, 0.6) is 0 Å². The van der Waals surface area contributed by atoms with Gasteiger partial charge in [-0.2, -0.15) is 4.31 Å². The van der Waals surface area contributed by atoms with Gasteiger partial charge < -0.3 is 9.88 Å². The van der Waals surface area contributed by atoms with Crippen LogP contribution in [0.15, 0.2) is 17.2 Å². The highest BCUT2D eigenvalue weighted by atomic mass is 32.2. The van der Waals surface area contributed by atoms with E-state index in [0.29, 0.717) is 18.8 Å². The van der Waals surface area contributed by atoms with Crippen molar-refractivity contribution in [2.75, 3.05) is 13.1 Å². The Morgan fingerprint density at radius 3 is 2.28 bits per heavy atom. The lowest BCUT2D eigenvalue weighted by Gasteiger charge is -2.21. The monoisotopic (exact) mass is 367 g/mol. The van der Waals surface area contributed by atoms with Crippen molar-refractivity contribution in [1.29, 1.82) is 0 Å². The SMILES string of the molecule is Cn1cc(S(=O)(=O)N2CCCC2)cc1C(=O)NC1CCCCCCC1. The smallest absolute Gasteiger partial charge is 0.268 e. The van der Waals surface area contributed by atoms with Crippen molar-refractivity contribution in [3.05, 3.63) is 18.0 Å². The molecule has 2 aliphatic rings. The molecule has 2 heterocycles. The van der Waals surface area contributed by atoms with E-state index >= 15 is 0 Å². The van der Waals surface area contributed by atoms with Gasteiger partial charge in [0.05, 0.1) is 0 Å². The van der Waals surface area contributed by atoms with E-state index < -0.39 is 10.0 Å². The molecule has 0 aromatic carbocycles. The number of aryl methyl sites for hydroxylation is 1. The minimum atomic E-state index is -3.49. The Labute approximate surface area is 150 Å². The van der Waals surface area contributed by atoms with Crippen LogP contribution < -0.4 is 5.32 Å². The summed E-state index contributed by atoms with van der Waals surface area (Å²) in [4.78, 5) is 12.9. The van der Waals surface area contributed by atoms with Gasteiger partial charge >= 0.3 is 0 Å². The third-order valence-electron chi connectivity index (χ3n) is 5.36. The first-order valence-corrected chi connectivity index (χ1v) is 10.9. The van der Waals surface area contributed by atoms with E-state index in [4.69, 9.17) is 0 Å². The van der Waals surface area contributed by atoms with Crippen LogP contribution in [0, 0.1) is 0 Å². The highest BCUT2D eigenvalue weighted by molar-refractivity contribution is 7.89. The molecule has 0 bridgehead atoms. The summed E-state index contributed by atoms with van der Waals surface area (Å²) in [5.41, 5.74) is 0.417. The van der Waals surface area contributed by atoms with Crippen molar-refractivity contribution in [2.45, 2.75) is 68.7 Å². The maximum absolute atomic E-state index is 12.7. The van der Waals surface area contributed by atoms with Crippen molar-refractivity contribution in [2.24, 2.45) is 7.05 Å². The number of nitrogens with zero attached hydrogens (tertiary/aromatic N) is 2. The van der Waals surface area contributed by atoms with E-state index in [1.807, 2.05) is 0 Å². The lowest BCUT2D eigenvalue weighted by atomic mass is 9.96. The van der Waals surface area contributed by atoms with Crippen LogP contribution in [0.25, 0.3) is 0 Å². The van der Waals surface area contributed by atoms with E-state index in [1.54, 1.807) is 17.8 Å². The quantitative estimate of drug-likeness (QED) is 0.889. The largest absolute Gasteiger partial charge is 0.348 e. The minimum Gasteiger partial charge on any atom is -0.348 e. The molecule has 1 N–H and O–H groups in total. The summed E-state index contributed by atoms with van der Waals surface area (Å²) in [6, 6.07) is 1.72. The number of amides is 1. The molecule has 140 valence electrons. The first-order chi connectivity index (χ1) is 12.0. The number of aromatic nitrogens is 1. The van der Waals surface area contributed by atoms with Crippen molar-refractivity contribution < 1.29 is 13.2 Å². The average Bonchev–Trinajstić information content (AvgIpc) is 3.19. The van der Waals surface area contributed by atoms with Gasteiger partial charge in [-0.05, 0) is 31.7 Å². The molecule has 1 aliphatic heterocycles. The summed E-state index contributed by atoms with van der Waals surface area (Å²) in [5.74, 6) is -0.170. The van der Waals surface area contributed by atoms with Crippen molar-refractivity contribution in [1.82, 2.24) is 14.2 Å². The predicted molar refractivity (Wildman–Crippen MR) is 97.0 cm³/mol. The molecule has 25 heavy (non-hydrogen) atoms. The van der Waals surface area contributed by atoms with Crippen LogP contribution in [0.2, 0.25) is 0 Å². The molecule has 1 amide bonds. The van der Waals surface area contributed by atoms with E-state index in [2.05, 4.69) is 5.32 Å². The van der Waals surface area contributed by atoms with Crippen LogP contribution in [-0.4, -0.2) is 42.3 Å². The van der Waals surface area contributed by atoms with Crippen LogP contribution in [0.3, 0.4) is 0 Å². The normalized spacial score (nSPS) is 21.0. The zero-order valence-corrected chi connectivity index (χ0v) is 15.9. The Kier molecular flexibility index (Phi) is 5.84. The maximum Gasteiger partial charge on any atom is 0.268 e. The zero-order valence-electron chi connectivity index (χ0n) is 15.0. The second kappa shape index (κ2) is 7.91. The van der Waals surface area contributed by atoms with Gasteiger partial charge in [0.25, 0.3) is 5.91 Å². The van der Waals surface area contributed by atoms with Crippen LogP contribution in [-0.2, 0) is 17.1 Å². The summed E-state index contributed by atoms with van der Waals surface area (Å²) >= 11 is 0. The Bertz CT molecular complexity index is 697. The molecule has 7 heteroatoms. The van der Waals surface area contributed by atoms with Crippen LogP contribution in [0.4, 0.5) is 0 Å². The second-order valence-corrected chi connectivity index (χ2v) is 9.24. The molecule has 0 spiro atoms.